The molecule has 3 heterocycles. The first kappa shape index (κ1) is 18.0. The molecule has 0 spiro atoms. The van der Waals surface area contributed by atoms with Crippen LogP contribution < -0.4 is 0 Å². The molecule has 0 saturated carbocycles. The summed E-state index contributed by atoms with van der Waals surface area (Å²) >= 11 is 0. The third-order valence-corrected chi connectivity index (χ3v) is 6.03. The highest BCUT2D eigenvalue weighted by Gasteiger charge is 2.37. The molecular weight excluding hydrogens is 342 g/mol. The van der Waals surface area contributed by atoms with Crippen LogP contribution >= 0.6 is 0 Å². The average molecular weight is 369 g/mol. The van der Waals surface area contributed by atoms with Crippen molar-refractivity contribution in [1.82, 2.24) is 14.8 Å². The molecule has 6 nitrogen and oxygen atoms in total. The molecule has 1 unspecified atom stereocenters. The first-order chi connectivity index (χ1) is 13.1. The van der Waals surface area contributed by atoms with Gasteiger partial charge in [0.05, 0.1) is 20.2 Å². The lowest BCUT2D eigenvalue weighted by atomic mass is 9.96. The van der Waals surface area contributed by atoms with Crippen molar-refractivity contribution in [1.29, 1.82) is 0 Å². The smallest absolute Gasteiger partial charge is 0.328 e. The molecule has 0 radical (unpaired) electrons. The number of likely N-dealkylation sites (tertiary alicyclic amines) is 1. The fraction of sp³-hybridized carbons (Fsp3) is 0.524. The van der Waals surface area contributed by atoms with Crippen LogP contribution in [0, 0.1) is 5.92 Å². The van der Waals surface area contributed by atoms with Crippen LogP contribution in [-0.2, 0) is 27.3 Å². The van der Waals surface area contributed by atoms with Crippen molar-refractivity contribution >= 4 is 22.8 Å². The second-order valence-corrected chi connectivity index (χ2v) is 7.85. The SMILES string of the molecule is COC(=O)C1Cc2c([nH]c3ccccc23)CN1C(=O)CN1CCC(C)CC1. The summed E-state index contributed by atoms with van der Waals surface area (Å²) in [5.74, 6) is 0.388. The number of aromatic amines is 1. The van der Waals surface area contributed by atoms with Crippen molar-refractivity contribution in [2.45, 2.75) is 38.8 Å². The molecule has 1 atom stereocenters. The van der Waals surface area contributed by atoms with Crippen LogP contribution in [0.15, 0.2) is 24.3 Å². The Labute approximate surface area is 159 Å². The van der Waals surface area contributed by atoms with E-state index in [1.165, 1.54) is 7.11 Å². The topological polar surface area (TPSA) is 65.6 Å². The number of amides is 1. The summed E-state index contributed by atoms with van der Waals surface area (Å²) < 4.78 is 5.02. The Morgan fingerprint density at radius 2 is 1.96 bits per heavy atom. The Morgan fingerprint density at radius 1 is 1.22 bits per heavy atom. The minimum Gasteiger partial charge on any atom is -0.467 e. The van der Waals surface area contributed by atoms with Gasteiger partial charge in [0, 0.05) is 23.0 Å². The number of nitrogens with zero attached hydrogens (tertiary/aromatic N) is 2. The van der Waals surface area contributed by atoms with Gasteiger partial charge in [-0.2, -0.15) is 0 Å². The number of nitrogens with one attached hydrogen (secondary N) is 1. The van der Waals surface area contributed by atoms with Gasteiger partial charge < -0.3 is 14.6 Å². The maximum Gasteiger partial charge on any atom is 0.328 e. The second kappa shape index (κ2) is 7.35. The minimum absolute atomic E-state index is 0.00394. The Kier molecular flexibility index (Phi) is 4.91. The molecule has 2 aliphatic heterocycles. The molecule has 1 amide bonds. The number of carbonyl (C=O) groups excluding carboxylic acids is 2. The molecule has 1 saturated heterocycles. The molecule has 4 rings (SSSR count). The number of rotatable bonds is 3. The molecule has 0 bridgehead atoms. The molecule has 1 N–H and O–H groups in total. The molecule has 1 fully saturated rings. The number of hydrogen-bond acceptors (Lipinski definition) is 4. The van der Waals surface area contributed by atoms with Crippen LogP contribution in [0.25, 0.3) is 10.9 Å². The fourth-order valence-electron chi connectivity index (χ4n) is 4.32. The largest absolute Gasteiger partial charge is 0.467 e. The Hall–Kier alpha value is -2.34. The fourth-order valence-corrected chi connectivity index (χ4v) is 4.32. The molecular formula is C21H27N3O3. The number of aromatic nitrogens is 1. The number of piperidine rings is 1. The highest BCUT2D eigenvalue weighted by atomic mass is 16.5. The van der Waals surface area contributed by atoms with Crippen LogP contribution in [0.4, 0.5) is 0 Å². The van der Waals surface area contributed by atoms with Gasteiger partial charge in [0.25, 0.3) is 0 Å². The number of ether oxygens (including phenoxy) is 1. The summed E-state index contributed by atoms with van der Waals surface area (Å²) in [7, 11) is 1.39. The molecule has 2 aromatic rings. The standard InChI is InChI=1S/C21H27N3O3/c1-14-7-9-23(10-8-14)13-20(25)24-12-18-16(11-19(24)21(26)27-2)15-5-3-4-6-17(15)22-18/h3-6,14,19,22H,7-13H2,1-2H3. The number of methoxy groups -OCH3 is 1. The summed E-state index contributed by atoms with van der Waals surface area (Å²) in [6.07, 6.45) is 2.74. The van der Waals surface area contributed by atoms with Crippen molar-refractivity contribution in [3.05, 3.63) is 35.5 Å². The lowest BCUT2D eigenvalue weighted by Gasteiger charge is -2.36. The predicted octanol–water partition coefficient (Wildman–Crippen LogP) is 2.33. The van der Waals surface area contributed by atoms with Gasteiger partial charge in [0.15, 0.2) is 0 Å². The molecule has 6 heteroatoms. The minimum atomic E-state index is -0.557. The van der Waals surface area contributed by atoms with Gasteiger partial charge in [-0.25, -0.2) is 4.79 Å². The first-order valence-electron chi connectivity index (χ1n) is 9.75. The lowest BCUT2D eigenvalue weighted by Crippen LogP contribution is -2.52. The number of H-pyrrole nitrogens is 1. The third-order valence-electron chi connectivity index (χ3n) is 6.03. The highest BCUT2D eigenvalue weighted by molar-refractivity contribution is 5.90. The first-order valence-corrected chi connectivity index (χ1v) is 9.75. The Morgan fingerprint density at radius 3 is 2.70 bits per heavy atom. The Balaban J connectivity index is 1.58. The predicted molar refractivity (Wildman–Crippen MR) is 103 cm³/mol. The number of esters is 1. The van der Waals surface area contributed by atoms with E-state index in [-0.39, 0.29) is 11.9 Å². The third kappa shape index (κ3) is 3.46. The second-order valence-electron chi connectivity index (χ2n) is 7.85. The van der Waals surface area contributed by atoms with Crippen molar-refractivity contribution in [2.75, 3.05) is 26.7 Å². The lowest BCUT2D eigenvalue weighted by molar-refractivity contribution is -0.154. The van der Waals surface area contributed by atoms with Crippen LogP contribution in [0.5, 0.6) is 0 Å². The normalized spacial score (nSPS) is 21.3. The molecule has 0 aliphatic carbocycles. The van der Waals surface area contributed by atoms with Gasteiger partial charge in [0.2, 0.25) is 5.91 Å². The number of fused-ring (bicyclic) bond motifs is 3. The van der Waals surface area contributed by atoms with Gasteiger partial charge in [-0.05, 0) is 43.5 Å². The van der Waals surface area contributed by atoms with E-state index >= 15 is 0 Å². The van der Waals surface area contributed by atoms with Crippen molar-refractivity contribution in [3.8, 4) is 0 Å². The quantitative estimate of drug-likeness (QED) is 0.844. The zero-order valence-electron chi connectivity index (χ0n) is 16.0. The van der Waals surface area contributed by atoms with E-state index in [0.29, 0.717) is 19.5 Å². The van der Waals surface area contributed by atoms with E-state index in [1.807, 2.05) is 18.2 Å². The highest BCUT2D eigenvalue weighted by Crippen LogP contribution is 2.31. The number of para-hydroxylation sites is 1. The monoisotopic (exact) mass is 369 g/mol. The van der Waals surface area contributed by atoms with Gasteiger partial charge in [-0.1, -0.05) is 25.1 Å². The number of carbonyl (C=O) groups is 2. The molecule has 144 valence electrons. The van der Waals surface area contributed by atoms with E-state index < -0.39 is 6.04 Å². The van der Waals surface area contributed by atoms with E-state index in [2.05, 4.69) is 22.9 Å². The van der Waals surface area contributed by atoms with Crippen LogP contribution in [0.1, 0.15) is 31.0 Å². The zero-order valence-corrected chi connectivity index (χ0v) is 16.0. The molecule has 2 aliphatic rings. The van der Waals surface area contributed by atoms with E-state index in [9.17, 15) is 9.59 Å². The summed E-state index contributed by atoms with van der Waals surface area (Å²) in [5.41, 5.74) is 3.19. The van der Waals surface area contributed by atoms with Crippen molar-refractivity contribution < 1.29 is 14.3 Å². The number of hydrogen-bond donors (Lipinski definition) is 1. The van der Waals surface area contributed by atoms with Crippen LogP contribution in [0.3, 0.4) is 0 Å². The van der Waals surface area contributed by atoms with Gasteiger partial charge >= 0.3 is 5.97 Å². The van der Waals surface area contributed by atoms with Gasteiger partial charge in [0.1, 0.15) is 6.04 Å². The van der Waals surface area contributed by atoms with Crippen molar-refractivity contribution in [2.24, 2.45) is 5.92 Å². The van der Waals surface area contributed by atoms with E-state index in [4.69, 9.17) is 4.74 Å². The number of benzene rings is 1. The van der Waals surface area contributed by atoms with Crippen molar-refractivity contribution in [3.63, 3.8) is 0 Å². The maximum absolute atomic E-state index is 13.1. The summed E-state index contributed by atoms with van der Waals surface area (Å²) in [6.45, 7) is 4.94. The summed E-state index contributed by atoms with van der Waals surface area (Å²) in [6, 6.07) is 7.52. The Bertz CT molecular complexity index is 851. The van der Waals surface area contributed by atoms with E-state index in [0.717, 1.165) is 54.0 Å². The zero-order chi connectivity index (χ0) is 19.0. The average Bonchev–Trinajstić information content (AvgIpc) is 3.05. The van der Waals surface area contributed by atoms with Crippen LogP contribution in [-0.4, -0.2) is 59.4 Å². The molecule has 27 heavy (non-hydrogen) atoms. The molecule has 1 aromatic carbocycles. The van der Waals surface area contributed by atoms with Gasteiger partial charge in [-0.15, -0.1) is 0 Å². The summed E-state index contributed by atoms with van der Waals surface area (Å²) in [4.78, 5) is 32.8. The maximum atomic E-state index is 13.1. The van der Waals surface area contributed by atoms with E-state index in [1.54, 1.807) is 4.90 Å². The van der Waals surface area contributed by atoms with Gasteiger partial charge in [-0.3, -0.25) is 9.69 Å². The van der Waals surface area contributed by atoms with Crippen LogP contribution in [0.2, 0.25) is 0 Å². The molecule has 1 aromatic heterocycles. The summed E-state index contributed by atoms with van der Waals surface area (Å²) in [5, 5.41) is 1.12.